The van der Waals surface area contributed by atoms with Gasteiger partial charge in [0.15, 0.2) is 0 Å². The fourth-order valence-corrected chi connectivity index (χ4v) is 1.89. The molecule has 0 atom stereocenters. The maximum absolute atomic E-state index is 5.90. The summed E-state index contributed by atoms with van der Waals surface area (Å²) < 4.78 is 1.11. The summed E-state index contributed by atoms with van der Waals surface area (Å²) in [5.41, 5.74) is 8.94. The van der Waals surface area contributed by atoms with E-state index in [0.29, 0.717) is 0 Å². The van der Waals surface area contributed by atoms with Crippen LogP contribution in [-0.2, 0) is 19.2 Å². The first-order valence-electron chi connectivity index (χ1n) is 4.35. The van der Waals surface area contributed by atoms with Gasteiger partial charge in [0, 0.05) is 0 Å². The van der Waals surface area contributed by atoms with Crippen LogP contribution in [0, 0.1) is 0 Å². The Bertz CT molecular complexity index is 408. The molecule has 2 heteroatoms. The topological polar surface area (TPSA) is 26.0 Å². The van der Waals surface area contributed by atoms with Crippen LogP contribution in [-0.4, -0.2) is 0 Å². The van der Waals surface area contributed by atoms with Crippen LogP contribution in [0.4, 0.5) is 5.69 Å². The summed E-state index contributed by atoms with van der Waals surface area (Å²) in [6.07, 6.45) is 0. The van der Waals surface area contributed by atoms with Crippen LogP contribution in [0.25, 0.3) is 11.1 Å². The molecule has 0 heterocycles. The Morgan fingerprint density at radius 1 is 0.786 bits per heavy atom. The van der Waals surface area contributed by atoms with Crippen LogP contribution >= 0.6 is 0 Å². The number of rotatable bonds is 1. The summed E-state index contributed by atoms with van der Waals surface area (Å²) >= 11 is 3.23. The number of hydrogen-bond donors (Lipinski definition) is 1. The van der Waals surface area contributed by atoms with Crippen molar-refractivity contribution in [3.63, 3.8) is 0 Å². The number of anilines is 1. The summed E-state index contributed by atoms with van der Waals surface area (Å²) in [7, 11) is 0. The van der Waals surface area contributed by atoms with Crippen molar-refractivity contribution in [2.24, 2.45) is 0 Å². The summed E-state index contributed by atoms with van der Waals surface area (Å²) in [6, 6.07) is 16.0. The first kappa shape index (κ1) is 9.46. The number of nitrogen functional groups attached to an aromatic ring is 1. The van der Waals surface area contributed by atoms with Gasteiger partial charge in [-0.3, -0.25) is 0 Å². The van der Waals surface area contributed by atoms with Crippen LogP contribution in [0.5, 0.6) is 0 Å². The van der Waals surface area contributed by atoms with Crippen LogP contribution in [0.1, 0.15) is 0 Å². The van der Waals surface area contributed by atoms with E-state index in [4.69, 9.17) is 5.73 Å². The number of benzene rings is 2. The van der Waals surface area contributed by atoms with Crippen LogP contribution in [0.2, 0.25) is 0 Å². The molecule has 73 valence electrons. The molecule has 2 aromatic carbocycles. The molecule has 0 spiro atoms. The molecule has 2 N–H and O–H groups in total. The molecule has 14 heavy (non-hydrogen) atoms. The Labute approximate surface area is 94.4 Å². The predicted molar refractivity (Wildman–Crippen MR) is 55.9 cm³/mol. The van der Waals surface area contributed by atoms with E-state index in [-0.39, 0.29) is 0 Å². The SMILES string of the molecule is Nc1ccccc1-c1cccc[c]1[Pd]. The molecule has 0 saturated carbocycles. The minimum absolute atomic E-state index is 0.811. The number of hydrogen-bond acceptors (Lipinski definition) is 1. The quantitative estimate of drug-likeness (QED) is 0.626. The molecular formula is C12H10NPd. The second-order valence-corrected chi connectivity index (χ2v) is 3.87. The molecule has 1 nitrogen and oxygen atoms in total. The van der Waals surface area contributed by atoms with E-state index in [0.717, 1.165) is 20.9 Å². The van der Waals surface area contributed by atoms with Crippen molar-refractivity contribution in [2.75, 3.05) is 5.73 Å². The van der Waals surface area contributed by atoms with Crippen molar-refractivity contribution in [1.82, 2.24) is 0 Å². The van der Waals surface area contributed by atoms with Crippen molar-refractivity contribution in [1.29, 1.82) is 0 Å². The molecule has 0 amide bonds. The van der Waals surface area contributed by atoms with Gasteiger partial charge in [0.2, 0.25) is 0 Å². The molecule has 0 aromatic heterocycles. The monoisotopic (exact) mass is 274 g/mol. The average Bonchev–Trinajstić information content (AvgIpc) is 2.20. The normalized spacial score (nSPS) is 10.1. The van der Waals surface area contributed by atoms with Crippen molar-refractivity contribution in [2.45, 2.75) is 0 Å². The Morgan fingerprint density at radius 3 is 2.00 bits per heavy atom. The zero-order valence-electron chi connectivity index (χ0n) is 7.51. The van der Waals surface area contributed by atoms with Gasteiger partial charge in [0.05, 0.1) is 0 Å². The minimum atomic E-state index is 0.811. The zero-order valence-corrected chi connectivity index (χ0v) is 9.07. The molecule has 0 aliphatic carbocycles. The van der Waals surface area contributed by atoms with Crippen molar-refractivity contribution in [3.05, 3.63) is 48.5 Å². The van der Waals surface area contributed by atoms with Gasteiger partial charge in [-0.25, -0.2) is 0 Å². The molecule has 0 aliphatic heterocycles. The predicted octanol–water partition coefficient (Wildman–Crippen LogP) is 2.11. The first-order chi connectivity index (χ1) is 6.79. The van der Waals surface area contributed by atoms with E-state index >= 15 is 0 Å². The second kappa shape index (κ2) is 3.96. The zero-order chi connectivity index (χ0) is 9.97. The average molecular weight is 275 g/mol. The summed E-state index contributed by atoms with van der Waals surface area (Å²) in [4.78, 5) is 0. The third kappa shape index (κ3) is 1.72. The second-order valence-electron chi connectivity index (χ2n) is 3.03. The fraction of sp³-hybridized carbons (Fsp3) is 0. The van der Waals surface area contributed by atoms with E-state index in [9.17, 15) is 0 Å². The third-order valence-corrected chi connectivity index (χ3v) is 2.78. The van der Waals surface area contributed by atoms with E-state index in [1.54, 1.807) is 0 Å². The van der Waals surface area contributed by atoms with Gasteiger partial charge >= 0.3 is 94.3 Å². The molecule has 0 aliphatic rings. The molecule has 2 aromatic rings. The molecule has 2 rings (SSSR count). The summed E-state index contributed by atoms with van der Waals surface area (Å²) in [5, 5.41) is 0. The van der Waals surface area contributed by atoms with Gasteiger partial charge in [0.1, 0.15) is 0 Å². The Hall–Kier alpha value is -1.10. The van der Waals surface area contributed by atoms with Crippen LogP contribution < -0.4 is 9.77 Å². The van der Waals surface area contributed by atoms with Gasteiger partial charge in [-0.1, -0.05) is 0 Å². The third-order valence-electron chi connectivity index (χ3n) is 2.10. The van der Waals surface area contributed by atoms with Gasteiger partial charge in [-0.2, -0.15) is 0 Å². The molecule has 0 unspecified atom stereocenters. The van der Waals surface area contributed by atoms with Gasteiger partial charge < -0.3 is 0 Å². The Balaban J connectivity index is 2.61. The first-order valence-corrected chi connectivity index (χ1v) is 5.13. The standard InChI is InChI=1S/C12H10N.Pd/c13-12-9-5-4-8-11(12)10-6-2-1-3-7-10;/h1-6,8-9H,13H2;. The van der Waals surface area contributed by atoms with Crippen LogP contribution in [0.15, 0.2) is 48.5 Å². The van der Waals surface area contributed by atoms with Crippen LogP contribution in [0.3, 0.4) is 0 Å². The Morgan fingerprint density at radius 2 is 1.36 bits per heavy atom. The molecule has 0 radical (unpaired) electrons. The van der Waals surface area contributed by atoms with E-state index in [1.807, 2.05) is 42.5 Å². The van der Waals surface area contributed by atoms with Gasteiger partial charge in [-0.05, 0) is 0 Å². The molecular weight excluding hydrogens is 265 g/mol. The fourth-order valence-electron chi connectivity index (χ4n) is 1.40. The van der Waals surface area contributed by atoms with Crippen molar-refractivity contribution < 1.29 is 19.2 Å². The number of para-hydroxylation sites is 1. The van der Waals surface area contributed by atoms with E-state index < -0.39 is 0 Å². The molecule has 0 bridgehead atoms. The van der Waals surface area contributed by atoms with E-state index in [1.165, 1.54) is 0 Å². The molecule has 0 fully saturated rings. The molecule has 0 saturated heterocycles. The van der Waals surface area contributed by atoms with Gasteiger partial charge in [-0.15, -0.1) is 0 Å². The van der Waals surface area contributed by atoms with Crippen molar-refractivity contribution >= 4 is 9.72 Å². The summed E-state index contributed by atoms with van der Waals surface area (Å²) in [6.45, 7) is 0. The Kier molecular flexibility index (Phi) is 2.67. The number of nitrogens with two attached hydrogens (primary N) is 1. The van der Waals surface area contributed by atoms with Crippen molar-refractivity contribution in [3.8, 4) is 11.1 Å². The maximum atomic E-state index is 5.90. The summed E-state index contributed by atoms with van der Waals surface area (Å²) in [5.74, 6) is 0. The van der Waals surface area contributed by atoms with E-state index in [2.05, 4.69) is 25.3 Å². The van der Waals surface area contributed by atoms with Gasteiger partial charge in [0.25, 0.3) is 0 Å².